The van der Waals surface area contributed by atoms with E-state index < -0.39 is 0 Å². The Labute approximate surface area is 164 Å². The van der Waals surface area contributed by atoms with E-state index in [4.69, 9.17) is 14.4 Å². The average molecular weight is 385 g/mol. The summed E-state index contributed by atoms with van der Waals surface area (Å²) in [7, 11) is 0. The number of hydrogen-bond acceptors (Lipinski definition) is 6. The van der Waals surface area contributed by atoms with E-state index in [1.54, 1.807) is 0 Å². The van der Waals surface area contributed by atoms with E-state index in [-0.39, 0.29) is 18.5 Å². The van der Waals surface area contributed by atoms with Gasteiger partial charge in [0.2, 0.25) is 5.89 Å². The van der Waals surface area contributed by atoms with Crippen molar-refractivity contribution in [2.75, 3.05) is 6.61 Å². The first-order chi connectivity index (χ1) is 13.7. The van der Waals surface area contributed by atoms with E-state index in [0.29, 0.717) is 18.0 Å². The van der Waals surface area contributed by atoms with Crippen LogP contribution in [0.2, 0.25) is 0 Å². The molecule has 2 N–H and O–H groups in total. The first-order valence-corrected chi connectivity index (χ1v) is 10.00. The molecule has 2 saturated heterocycles. The molecule has 0 unspecified atom stereocenters. The van der Waals surface area contributed by atoms with Crippen molar-refractivity contribution in [1.82, 2.24) is 15.0 Å². The number of aliphatic hydroxyl groups excluding tert-OH is 1. The fourth-order valence-electron chi connectivity index (χ4n) is 5.07. The molecule has 0 amide bonds. The minimum absolute atomic E-state index is 0.0381. The first kappa shape index (κ1) is 19.1. The molecule has 3 aliphatic rings. The molecule has 0 radical (unpaired) electrons. The zero-order chi connectivity index (χ0) is 19.6. The molecule has 3 atom stereocenters. The topological polar surface area (TPSA) is 99.7 Å². The van der Waals surface area contributed by atoms with Gasteiger partial charge in [0.25, 0.3) is 6.47 Å². The molecule has 5 rings (SSSR count). The third kappa shape index (κ3) is 3.69. The lowest BCUT2D eigenvalue weighted by Crippen LogP contribution is -2.41. The second-order valence-electron chi connectivity index (χ2n) is 8.23. The van der Waals surface area contributed by atoms with Crippen LogP contribution in [-0.2, 0) is 17.8 Å². The lowest BCUT2D eigenvalue weighted by molar-refractivity contribution is -0.122. The third-order valence-corrected chi connectivity index (χ3v) is 6.45. The summed E-state index contributed by atoms with van der Waals surface area (Å²) in [5.74, 6) is 2.16. The number of benzene rings is 1. The van der Waals surface area contributed by atoms with Crippen LogP contribution in [0.25, 0.3) is 0 Å². The van der Waals surface area contributed by atoms with E-state index in [1.165, 1.54) is 24.8 Å². The van der Waals surface area contributed by atoms with Crippen LogP contribution in [0.1, 0.15) is 55.3 Å². The lowest BCUT2D eigenvalue weighted by atomic mass is 9.70. The van der Waals surface area contributed by atoms with Crippen molar-refractivity contribution in [3.05, 3.63) is 47.6 Å². The fraction of sp³-hybridized carbons (Fsp3) is 0.571. The molecule has 3 heterocycles. The van der Waals surface area contributed by atoms with Crippen molar-refractivity contribution in [3.63, 3.8) is 0 Å². The van der Waals surface area contributed by atoms with E-state index in [2.05, 4.69) is 45.4 Å². The largest absolute Gasteiger partial charge is 0.483 e. The Morgan fingerprint density at radius 3 is 2.64 bits per heavy atom. The van der Waals surface area contributed by atoms with Gasteiger partial charge in [0.15, 0.2) is 5.82 Å². The van der Waals surface area contributed by atoms with E-state index >= 15 is 0 Å². The number of carbonyl (C=O) groups is 1. The Morgan fingerprint density at radius 1 is 1.21 bits per heavy atom. The minimum atomic E-state index is -0.250. The predicted molar refractivity (Wildman–Crippen MR) is 102 cm³/mol. The Kier molecular flexibility index (Phi) is 5.46. The maximum absolute atomic E-state index is 10.3. The van der Waals surface area contributed by atoms with Crippen LogP contribution in [0.3, 0.4) is 0 Å². The zero-order valence-corrected chi connectivity index (χ0v) is 15.9. The summed E-state index contributed by atoms with van der Waals surface area (Å²) < 4.78 is 5.51. The highest BCUT2D eigenvalue weighted by Gasteiger charge is 2.55. The molecule has 1 saturated carbocycles. The van der Waals surface area contributed by atoms with Gasteiger partial charge in [0.05, 0.1) is 13.2 Å². The van der Waals surface area contributed by atoms with Crippen molar-refractivity contribution in [2.45, 2.75) is 63.1 Å². The molecule has 1 aliphatic carbocycles. The molecular weight excluding hydrogens is 358 g/mol. The lowest BCUT2D eigenvalue weighted by Gasteiger charge is -2.36. The zero-order valence-electron chi connectivity index (χ0n) is 15.9. The van der Waals surface area contributed by atoms with E-state index in [0.717, 1.165) is 37.5 Å². The number of carboxylic acid groups (broad SMARTS) is 1. The standard InChI is InChI=1S/C20H25N3O2.CH2O2/c24-13-20(10-14-4-2-1-3-5-14)11-16-8-9-17(20)23(16)12-18-21-19(22-25-18)15-6-7-15;2-1-3/h1-5,15-17,24H,6-13H2;1H,(H,2,3)/t16-,17+,20-;/m1./s1. The van der Waals surface area contributed by atoms with Crippen LogP contribution < -0.4 is 0 Å². The number of rotatable bonds is 6. The first-order valence-electron chi connectivity index (χ1n) is 10.00. The summed E-state index contributed by atoms with van der Waals surface area (Å²) in [6.45, 7) is 0.725. The average Bonchev–Trinajstić information content (AvgIpc) is 3.25. The van der Waals surface area contributed by atoms with Crippen molar-refractivity contribution in [2.24, 2.45) is 5.41 Å². The number of aliphatic hydroxyl groups is 1. The molecule has 2 aromatic rings. The summed E-state index contributed by atoms with van der Waals surface area (Å²) in [6.07, 6.45) is 6.76. The second-order valence-corrected chi connectivity index (χ2v) is 8.23. The monoisotopic (exact) mass is 385 g/mol. The van der Waals surface area contributed by atoms with Gasteiger partial charge in [-0.1, -0.05) is 35.5 Å². The Balaban J connectivity index is 0.000000604. The summed E-state index contributed by atoms with van der Waals surface area (Å²) in [4.78, 5) is 15.5. The van der Waals surface area contributed by atoms with Gasteiger partial charge in [0, 0.05) is 23.4 Å². The van der Waals surface area contributed by atoms with Crippen LogP contribution in [-0.4, -0.2) is 50.4 Å². The van der Waals surface area contributed by atoms with Crippen LogP contribution in [0.5, 0.6) is 0 Å². The Morgan fingerprint density at radius 2 is 1.96 bits per heavy atom. The highest BCUT2D eigenvalue weighted by Crippen LogP contribution is 2.51. The molecule has 7 heteroatoms. The minimum Gasteiger partial charge on any atom is -0.483 e. The van der Waals surface area contributed by atoms with Crippen LogP contribution >= 0.6 is 0 Å². The molecule has 1 aromatic heterocycles. The molecule has 2 aliphatic heterocycles. The predicted octanol–water partition coefficient (Wildman–Crippen LogP) is 2.61. The van der Waals surface area contributed by atoms with Crippen LogP contribution in [0.4, 0.5) is 0 Å². The molecule has 150 valence electrons. The Hall–Kier alpha value is -2.25. The summed E-state index contributed by atoms with van der Waals surface area (Å²) in [5, 5.41) is 21.3. The van der Waals surface area contributed by atoms with Crippen LogP contribution in [0.15, 0.2) is 34.9 Å². The van der Waals surface area contributed by atoms with Crippen molar-refractivity contribution in [1.29, 1.82) is 0 Å². The van der Waals surface area contributed by atoms with Gasteiger partial charge in [-0.05, 0) is 44.1 Å². The molecule has 0 spiro atoms. The van der Waals surface area contributed by atoms with Gasteiger partial charge in [-0.25, -0.2) is 0 Å². The number of nitrogens with zero attached hydrogens (tertiary/aromatic N) is 3. The molecule has 1 aromatic carbocycles. The maximum atomic E-state index is 10.3. The van der Waals surface area contributed by atoms with Gasteiger partial charge in [-0.15, -0.1) is 0 Å². The number of aromatic nitrogens is 2. The van der Waals surface area contributed by atoms with Gasteiger partial charge in [0.1, 0.15) is 0 Å². The number of fused-ring (bicyclic) bond motifs is 2. The number of hydrogen-bond donors (Lipinski definition) is 2. The maximum Gasteiger partial charge on any atom is 0.290 e. The third-order valence-electron chi connectivity index (χ3n) is 6.45. The highest BCUT2D eigenvalue weighted by atomic mass is 16.5. The SMILES string of the molecule is O=CO.OC[C@@]1(Cc2ccccc2)C[C@H]2CC[C@@H]1N2Cc1nc(C2CC2)no1. The second kappa shape index (κ2) is 8.01. The van der Waals surface area contributed by atoms with E-state index in [9.17, 15) is 5.11 Å². The normalized spacial score (nSPS) is 28.8. The van der Waals surface area contributed by atoms with Crippen molar-refractivity contribution in [3.8, 4) is 0 Å². The Bertz CT molecular complexity index is 792. The summed E-state index contributed by atoms with van der Waals surface area (Å²) >= 11 is 0. The van der Waals surface area contributed by atoms with Gasteiger partial charge in [-0.2, -0.15) is 4.98 Å². The molecule has 28 heavy (non-hydrogen) atoms. The van der Waals surface area contributed by atoms with Crippen molar-refractivity contribution >= 4 is 6.47 Å². The molecule has 7 nitrogen and oxygen atoms in total. The molecule has 2 bridgehead atoms. The van der Waals surface area contributed by atoms with Gasteiger partial charge in [-0.3, -0.25) is 9.69 Å². The summed E-state index contributed by atoms with van der Waals surface area (Å²) in [6, 6.07) is 11.5. The van der Waals surface area contributed by atoms with Gasteiger partial charge < -0.3 is 14.7 Å². The fourth-order valence-corrected chi connectivity index (χ4v) is 5.07. The quantitative estimate of drug-likeness (QED) is 0.737. The van der Waals surface area contributed by atoms with Gasteiger partial charge >= 0.3 is 0 Å². The smallest absolute Gasteiger partial charge is 0.290 e. The van der Waals surface area contributed by atoms with Crippen molar-refractivity contribution < 1.29 is 19.5 Å². The summed E-state index contributed by atoms with van der Waals surface area (Å²) in [5.41, 5.74) is 1.28. The molecule has 3 fully saturated rings. The highest BCUT2D eigenvalue weighted by molar-refractivity contribution is 5.32. The van der Waals surface area contributed by atoms with E-state index in [1.807, 2.05) is 0 Å². The molecular formula is C21H27N3O4. The van der Waals surface area contributed by atoms with Crippen LogP contribution in [0, 0.1) is 5.41 Å².